The van der Waals surface area contributed by atoms with E-state index in [1.54, 1.807) is 0 Å². The van der Waals surface area contributed by atoms with Crippen molar-refractivity contribution in [2.45, 2.75) is 70.8 Å². The Morgan fingerprint density at radius 2 is 1.86 bits per heavy atom. The Balaban J connectivity index is 1.51. The van der Waals surface area contributed by atoms with Gasteiger partial charge in [0, 0.05) is 11.6 Å². The summed E-state index contributed by atoms with van der Waals surface area (Å²) in [6.07, 6.45) is 10.9. The highest BCUT2D eigenvalue weighted by Gasteiger charge is 2.38. The molecule has 2 heteroatoms. The molecule has 2 nitrogen and oxygen atoms in total. The predicted molar refractivity (Wildman–Crippen MR) is 123 cm³/mol. The normalized spacial score (nSPS) is 22.3. The van der Waals surface area contributed by atoms with Crippen molar-refractivity contribution in [3.63, 3.8) is 0 Å². The molecular formula is C27H35NO. The highest BCUT2D eigenvalue weighted by Crippen LogP contribution is 2.50. The average molecular weight is 390 g/mol. The Hall–Kier alpha value is -2.22. The molecule has 0 saturated heterocycles. The Morgan fingerprint density at radius 1 is 1.03 bits per heavy atom. The molecule has 4 rings (SSSR count). The predicted octanol–water partition coefficient (Wildman–Crippen LogP) is 7.60. The second-order valence-electron chi connectivity index (χ2n) is 8.96. The second-order valence-corrected chi connectivity index (χ2v) is 8.96. The van der Waals surface area contributed by atoms with Crippen LogP contribution in [0.1, 0.15) is 87.4 Å². The molecule has 1 aliphatic heterocycles. The van der Waals surface area contributed by atoms with Gasteiger partial charge < -0.3 is 10.1 Å². The highest BCUT2D eigenvalue weighted by molar-refractivity contribution is 5.61. The van der Waals surface area contributed by atoms with Crippen LogP contribution in [0, 0.1) is 5.92 Å². The summed E-state index contributed by atoms with van der Waals surface area (Å²) in [5.41, 5.74) is 5.46. The first kappa shape index (κ1) is 20.1. The molecule has 0 saturated carbocycles. The van der Waals surface area contributed by atoms with Crippen molar-refractivity contribution in [1.82, 2.24) is 0 Å². The largest absolute Gasteiger partial charge is 0.494 e. The standard InChI is InChI=1S/C27H35NO/c1-4-5-6-7-17-29-22-15-16-26-25(18-22)23-9-8-10-24(23)27(28-26)21-13-11-20(12-14-21)19(2)3/h8-9,11-16,18-19,23-24,27-28H,4-7,10,17H2,1-3H3. The Labute approximate surface area is 176 Å². The lowest BCUT2D eigenvalue weighted by molar-refractivity contribution is 0.304. The van der Waals surface area contributed by atoms with Crippen molar-refractivity contribution >= 4 is 5.69 Å². The number of nitrogens with one attached hydrogen (secondary N) is 1. The molecule has 1 N–H and O–H groups in total. The summed E-state index contributed by atoms with van der Waals surface area (Å²) < 4.78 is 6.06. The number of allylic oxidation sites excluding steroid dienone is 2. The zero-order valence-corrected chi connectivity index (χ0v) is 18.2. The molecule has 3 unspecified atom stereocenters. The summed E-state index contributed by atoms with van der Waals surface area (Å²) in [5, 5.41) is 3.85. The van der Waals surface area contributed by atoms with E-state index in [1.165, 1.54) is 41.6 Å². The molecule has 3 atom stereocenters. The first-order valence-electron chi connectivity index (χ1n) is 11.5. The van der Waals surface area contributed by atoms with Gasteiger partial charge in [-0.25, -0.2) is 0 Å². The van der Waals surface area contributed by atoms with E-state index in [0.717, 1.165) is 25.2 Å². The molecule has 2 aromatic rings. The van der Waals surface area contributed by atoms with Crippen LogP contribution >= 0.6 is 0 Å². The maximum absolute atomic E-state index is 6.06. The summed E-state index contributed by atoms with van der Waals surface area (Å²) in [6.45, 7) is 7.57. The quantitative estimate of drug-likeness (QED) is 0.371. The van der Waals surface area contributed by atoms with E-state index >= 15 is 0 Å². The summed E-state index contributed by atoms with van der Waals surface area (Å²) in [6, 6.07) is 16.2. The molecule has 0 fully saturated rings. The van der Waals surface area contributed by atoms with Crippen molar-refractivity contribution in [3.05, 3.63) is 71.3 Å². The third kappa shape index (κ3) is 4.37. The highest BCUT2D eigenvalue weighted by atomic mass is 16.5. The van der Waals surface area contributed by atoms with Crippen LogP contribution in [0.25, 0.3) is 0 Å². The first-order valence-corrected chi connectivity index (χ1v) is 11.5. The van der Waals surface area contributed by atoms with Gasteiger partial charge in [-0.15, -0.1) is 0 Å². The van der Waals surface area contributed by atoms with Crippen molar-refractivity contribution in [1.29, 1.82) is 0 Å². The van der Waals surface area contributed by atoms with Crippen LogP contribution in [0.5, 0.6) is 5.75 Å². The van der Waals surface area contributed by atoms with Crippen LogP contribution in [0.2, 0.25) is 0 Å². The van der Waals surface area contributed by atoms with E-state index in [4.69, 9.17) is 4.74 Å². The number of benzene rings is 2. The van der Waals surface area contributed by atoms with E-state index in [-0.39, 0.29) is 0 Å². The lowest BCUT2D eigenvalue weighted by Crippen LogP contribution is -2.29. The zero-order valence-electron chi connectivity index (χ0n) is 18.2. The minimum atomic E-state index is 0.365. The number of rotatable bonds is 8. The number of anilines is 1. The number of ether oxygens (including phenoxy) is 1. The summed E-state index contributed by atoms with van der Waals surface area (Å²) in [5.74, 6) is 2.64. The molecule has 2 aromatic carbocycles. The van der Waals surface area contributed by atoms with E-state index < -0.39 is 0 Å². The molecule has 1 aliphatic carbocycles. The Kier molecular flexibility index (Phi) is 6.28. The van der Waals surface area contributed by atoms with Gasteiger partial charge in [-0.3, -0.25) is 0 Å². The summed E-state index contributed by atoms with van der Waals surface area (Å²) in [4.78, 5) is 0. The van der Waals surface area contributed by atoms with Crippen LogP contribution in [0.15, 0.2) is 54.6 Å². The number of fused-ring (bicyclic) bond motifs is 3. The summed E-state index contributed by atoms with van der Waals surface area (Å²) >= 11 is 0. The SMILES string of the molecule is CCCCCCOc1ccc2c(c1)C1C=CCC1C(c1ccc(C(C)C)cc1)N2. The fourth-order valence-electron chi connectivity index (χ4n) is 4.80. The molecule has 0 radical (unpaired) electrons. The molecule has 0 amide bonds. The molecule has 0 aromatic heterocycles. The average Bonchev–Trinajstić information content (AvgIpc) is 3.23. The van der Waals surface area contributed by atoms with Crippen LogP contribution in [-0.4, -0.2) is 6.61 Å². The van der Waals surface area contributed by atoms with Gasteiger partial charge in [0.15, 0.2) is 0 Å². The molecule has 0 spiro atoms. The lowest BCUT2D eigenvalue weighted by atomic mass is 9.77. The van der Waals surface area contributed by atoms with Gasteiger partial charge in [-0.05, 0) is 59.6 Å². The third-order valence-electron chi connectivity index (χ3n) is 6.56. The van der Waals surface area contributed by atoms with Crippen LogP contribution in [-0.2, 0) is 0 Å². The van der Waals surface area contributed by atoms with Gasteiger partial charge in [0.05, 0.1) is 12.6 Å². The van der Waals surface area contributed by atoms with Gasteiger partial charge in [0.25, 0.3) is 0 Å². The minimum absolute atomic E-state index is 0.365. The van der Waals surface area contributed by atoms with E-state index in [1.807, 2.05) is 0 Å². The topological polar surface area (TPSA) is 21.3 Å². The van der Waals surface area contributed by atoms with E-state index in [0.29, 0.717) is 23.8 Å². The summed E-state index contributed by atoms with van der Waals surface area (Å²) in [7, 11) is 0. The number of hydrogen-bond acceptors (Lipinski definition) is 2. The van der Waals surface area contributed by atoms with Crippen molar-refractivity contribution in [3.8, 4) is 5.75 Å². The third-order valence-corrected chi connectivity index (χ3v) is 6.56. The minimum Gasteiger partial charge on any atom is -0.494 e. The maximum atomic E-state index is 6.06. The van der Waals surface area contributed by atoms with E-state index in [9.17, 15) is 0 Å². The van der Waals surface area contributed by atoms with Gasteiger partial charge in [-0.2, -0.15) is 0 Å². The fourth-order valence-corrected chi connectivity index (χ4v) is 4.80. The van der Waals surface area contributed by atoms with Crippen LogP contribution < -0.4 is 10.1 Å². The number of unbranched alkanes of at least 4 members (excludes halogenated alkanes) is 3. The van der Waals surface area contributed by atoms with Crippen LogP contribution in [0.3, 0.4) is 0 Å². The van der Waals surface area contributed by atoms with E-state index in [2.05, 4.69) is 80.7 Å². The fraction of sp³-hybridized carbons (Fsp3) is 0.481. The molecule has 1 heterocycles. The number of hydrogen-bond donors (Lipinski definition) is 1. The lowest BCUT2D eigenvalue weighted by Gasteiger charge is -2.37. The van der Waals surface area contributed by atoms with Crippen molar-refractivity contribution < 1.29 is 4.74 Å². The van der Waals surface area contributed by atoms with Gasteiger partial charge >= 0.3 is 0 Å². The molecular weight excluding hydrogens is 354 g/mol. The molecule has 2 aliphatic rings. The van der Waals surface area contributed by atoms with Crippen molar-refractivity contribution in [2.75, 3.05) is 11.9 Å². The molecule has 0 bridgehead atoms. The monoisotopic (exact) mass is 389 g/mol. The van der Waals surface area contributed by atoms with Gasteiger partial charge in [0.1, 0.15) is 5.75 Å². The van der Waals surface area contributed by atoms with Gasteiger partial charge in [0.2, 0.25) is 0 Å². The van der Waals surface area contributed by atoms with Gasteiger partial charge in [-0.1, -0.05) is 76.5 Å². The maximum Gasteiger partial charge on any atom is 0.119 e. The Morgan fingerprint density at radius 3 is 2.62 bits per heavy atom. The van der Waals surface area contributed by atoms with Crippen LogP contribution in [0.4, 0.5) is 5.69 Å². The zero-order chi connectivity index (χ0) is 20.2. The molecule has 29 heavy (non-hydrogen) atoms. The Bertz CT molecular complexity index is 836. The smallest absolute Gasteiger partial charge is 0.119 e. The molecule has 154 valence electrons. The second kappa shape index (κ2) is 9.07. The first-order chi connectivity index (χ1) is 14.2. The van der Waals surface area contributed by atoms with Crippen molar-refractivity contribution in [2.24, 2.45) is 5.92 Å².